The largest absolute Gasteiger partial charge is 0.393 e. The number of nitrogens with one attached hydrogen (secondary N) is 1. The molecule has 4 heteroatoms. The predicted octanol–water partition coefficient (Wildman–Crippen LogP) is 1.27. The molecule has 2 rings (SSSR count). The lowest BCUT2D eigenvalue weighted by molar-refractivity contribution is -0.0990. The summed E-state index contributed by atoms with van der Waals surface area (Å²) in [7, 11) is 1.73. The number of H-pyrrole nitrogens is 1. The summed E-state index contributed by atoms with van der Waals surface area (Å²) < 4.78 is 5.47. The average molecular weight is 210 g/mol. The van der Waals surface area contributed by atoms with Gasteiger partial charge in [-0.2, -0.15) is 0 Å². The zero-order valence-corrected chi connectivity index (χ0v) is 9.07. The third kappa shape index (κ3) is 2.38. The van der Waals surface area contributed by atoms with E-state index in [4.69, 9.17) is 4.74 Å². The Morgan fingerprint density at radius 3 is 2.93 bits per heavy atom. The van der Waals surface area contributed by atoms with Crippen LogP contribution in [0.15, 0.2) is 12.4 Å². The number of aromatic nitrogens is 2. The topological polar surface area (TPSA) is 58.1 Å². The highest BCUT2D eigenvalue weighted by Gasteiger charge is 2.38. The van der Waals surface area contributed by atoms with Crippen LogP contribution in [0.2, 0.25) is 0 Å². The van der Waals surface area contributed by atoms with E-state index in [1.807, 2.05) is 0 Å². The van der Waals surface area contributed by atoms with Gasteiger partial charge in [0.1, 0.15) is 5.82 Å². The SMILES string of the molecule is COC1(CC(O)Cc2ncc[nH]2)CCC1. The van der Waals surface area contributed by atoms with Gasteiger partial charge in [-0.1, -0.05) is 0 Å². The number of ether oxygens (including phenoxy) is 1. The van der Waals surface area contributed by atoms with E-state index >= 15 is 0 Å². The van der Waals surface area contributed by atoms with Crippen molar-refractivity contribution in [1.82, 2.24) is 9.97 Å². The number of methoxy groups -OCH3 is 1. The van der Waals surface area contributed by atoms with Gasteiger partial charge in [0.2, 0.25) is 0 Å². The summed E-state index contributed by atoms with van der Waals surface area (Å²) >= 11 is 0. The van der Waals surface area contributed by atoms with E-state index in [1.165, 1.54) is 6.42 Å². The van der Waals surface area contributed by atoms with Crippen molar-refractivity contribution in [2.75, 3.05) is 7.11 Å². The van der Waals surface area contributed by atoms with Crippen molar-refractivity contribution in [2.45, 2.75) is 43.8 Å². The first kappa shape index (κ1) is 10.6. The van der Waals surface area contributed by atoms with Gasteiger partial charge in [0.15, 0.2) is 0 Å². The highest BCUT2D eigenvalue weighted by atomic mass is 16.5. The first-order valence-corrected chi connectivity index (χ1v) is 5.46. The summed E-state index contributed by atoms with van der Waals surface area (Å²) in [5.74, 6) is 0.841. The molecule has 1 saturated carbocycles. The number of nitrogens with zero attached hydrogens (tertiary/aromatic N) is 1. The molecule has 1 atom stereocenters. The summed E-state index contributed by atoms with van der Waals surface area (Å²) in [6.07, 6.45) is 7.76. The molecule has 1 unspecified atom stereocenters. The molecule has 84 valence electrons. The van der Waals surface area contributed by atoms with Crippen LogP contribution in [0.5, 0.6) is 0 Å². The molecule has 15 heavy (non-hydrogen) atoms. The minimum Gasteiger partial charge on any atom is -0.393 e. The van der Waals surface area contributed by atoms with E-state index in [0.717, 1.165) is 18.7 Å². The van der Waals surface area contributed by atoms with Gasteiger partial charge >= 0.3 is 0 Å². The quantitative estimate of drug-likeness (QED) is 0.769. The van der Waals surface area contributed by atoms with Crippen LogP contribution in [0.3, 0.4) is 0 Å². The van der Waals surface area contributed by atoms with E-state index in [-0.39, 0.29) is 11.7 Å². The van der Waals surface area contributed by atoms with Gasteiger partial charge in [0.25, 0.3) is 0 Å². The first-order chi connectivity index (χ1) is 7.24. The molecule has 0 radical (unpaired) electrons. The number of aliphatic hydroxyl groups is 1. The van der Waals surface area contributed by atoms with Crippen LogP contribution in [-0.4, -0.2) is 33.9 Å². The van der Waals surface area contributed by atoms with Crippen LogP contribution in [-0.2, 0) is 11.2 Å². The minimum atomic E-state index is -0.364. The van der Waals surface area contributed by atoms with Crippen molar-refractivity contribution >= 4 is 0 Å². The average Bonchev–Trinajstić information content (AvgIpc) is 2.64. The highest BCUT2D eigenvalue weighted by molar-refractivity contribution is 4.95. The Bertz CT molecular complexity index is 288. The molecular formula is C11H18N2O2. The molecule has 4 nitrogen and oxygen atoms in total. The maximum atomic E-state index is 9.91. The Balaban J connectivity index is 1.84. The van der Waals surface area contributed by atoms with Crippen LogP contribution in [0.4, 0.5) is 0 Å². The van der Waals surface area contributed by atoms with Gasteiger partial charge in [-0.05, 0) is 19.3 Å². The number of imidazole rings is 1. The Labute approximate surface area is 89.7 Å². The molecule has 2 N–H and O–H groups in total. The third-order valence-corrected chi connectivity index (χ3v) is 3.29. The minimum absolute atomic E-state index is 0.0635. The molecule has 0 aliphatic heterocycles. The molecule has 1 heterocycles. The standard InChI is InChI=1S/C11H18N2O2/c1-15-11(3-2-4-11)8-9(14)7-10-12-5-6-13-10/h5-6,9,14H,2-4,7-8H2,1H3,(H,12,13). The van der Waals surface area contributed by atoms with Crippen molar-refractivity contribution in [3.8, 4) is 0 Å². The zero-order chi connectivity index (χ0) is 10.7. The monoisotopic (exact) mass is 210 g/mol. The second-order valence-electron chi connectivity index (χ2n) is 4.34. The molecule has 1 aromatic heterocycles. The lowest BCUT2D eigenvalue weighted by Crippen LogP contribution is -2.42. The third-order valence-electron chi connectivity index (χ3n) is 3.29. The maximum Gasteiger partial charge on any atom is 0.108 e. The molecule has 1 aliphatic carbocycles. The predicted molar refractivity (Wildman–Crippen MR) is 56.5 cm³/mol. The summed E-state index contributed by atoms with van der Waals surface area (Å²) in [6, 6.07) is 0. The number of hydrogen-bond donors (Lipinski definition) is 2. The van der Waals surface area contributed by atoms with Crippen molar-refractivity contribution in [3.05, 3.63) is 18.2 Å². The van der Waals surface area contributed by atoms with Crippen LogP contribution < -0.4 is 0 Å². The Morgan fingerprint density at radius 2 is 2.47 bits per heavy atom. The number of hydrogen-bond acceptors (Lipinski definition) is 3. The first-order valence-electron chi connectivity index (χ1n) is 5.46. The highest BCUT2D eigenvalue weighted by Crippen LogP contribution is 2.39. The van der Waals surface area contributed by atoms with Crippen molar-refractivity contribution < 1.29 is 9.84 Å². The zero-order valence-electron chi connectivity index (χ0n) is 9.07. The van der Waals surface area contributed by atoms with E-state index in [0.29, 0.717) is 12.8 Å². The van der Waals surface area contributed by atoms with Gasteiger partial charge in [0, 0.05) is 32.3 Å². The number of aromatic amines is 1. The van der Waals surface area contributed by atoms with E-state index < -0.39 is 0 Å². The molecule has 0 saturated heterocycles. The molecule has 0 bridgehead atoms. The normalized spacial score (nSPS) is 20.9. The Hall–Kier alpha value is -0.870. The van der Waals surface area contributed by atoms with Crippen LogP contribution in [0.1, 0.15) is 31.5 Å². The summed E-state index contributed by atoms with van der Waals surface area (Å²) in [5, 5.41) is 9.91. The lowest BCUT2D eigenvalue weighted by Gasteiger charge is -2.41. The van der Waals surface area contributed by atoms with Gasteiger partial charge < -0.3 is 14.8 Å². The van der Waals surface area contributed by atoms with E-state index in [9.17, 15) is 5.11 Å². The van der Waals surface area contributed by atoms with Crippen LogP contribution >= 0.6 is 0 Å². The molecule has 0 amide bonds. The molecule has 0 spiro atoms. The fourth-order valence-corrected chi connectivity index (χ4v) is 2.20. The lowest BCUT2D eigenvalue weighted by atomic mass is 9.76. The fraction of sp³-hybridized carbons (Fsp3) is 0.727. The molecular weight excluding hydrogens is 192 g/mol. The van der Waals surface area contributed by atoms with Crippen molar-refractivity contribution in [2.24, 2.45) is 0 Å². The maximum absolute atomic E-state index is 9.91. The number of aliphatic hydroxyl groups excluding tert-OH is 1. The summed E-state index contributed by atoms with van der Waals surface area (Å²) in [4.78, 5) is 7.10. The van der Waals surface area contributed by atoms with E-state index in [1.54, 1.807) is 19.5 Å². The van der Waals surface area contributed by atoms with Gasteiger partial charge in [-0.3, -0.25) is 0 Å². The van der Waals surface area contributed by atoms with E-state index in [2.05, 4.69) is 9.97 Å². The molecule has 1 aliphatic rings. The van der Waals surface area contributed by atoms with Crippen molar-refractivity contribution in [1.29, 1.82) is 0 Å². The summed E-state index contributed by atoms with van der Waals surface area (Å²) in [6.45, 7) is 0. The van der Waals surface area contributed by atoms with Gasteiger partial charge in [0.05, 0.1) is 11.7 Å². The van der Waals surface area contributed by atoms with Gasteiger partial charge in [-0.15, -0.1) is 0 Å². The van der Waals surface area contributed by atoms with Crippen LogP contribution in [0.25, 0.3) is 0 Å². The summed E-state index contributed by atoms with van der Waals surface area (Å²) in [5.41, 5.74) is -0.0635. The second-order valence-corrected chi connectivity index (χ2v) is 4.34. The smallest absolute Gasteiger partial charge is 0.108 e. The fourth-order valence-electron chi connectivity index (χ4n) is 2.20. The van der Waals surface area contributed by atoms with Gasteiger partial charge in [-0.25, -0.2) is 4.98 Å². The molecule has 0 aromatic carbocycles. The Morgan fingerprint density at radius 1 is 1.67 bits per heavy atom. The Kier molecular flexibility index (Phi) is 3.07. The number of rotatable bonds is 5. The molecule has 1 aromatic rings. The van der Waals surface area contributed by atoms with Crippen molar-refractivity contribution in [3.63, 3.8) is 0 Å². The molecule has 1 fully saturated rings. The van der Waals surface area contributed by atoms with Crippen LogP contribution in [0, 0.1) is 0 Å². The second kappa shape index (κ2) is 4.33.